The minimum Gasteiger partial charge on any atom is -0.489 e. The number of carbonyl (C=O) groups is 2. The van der Waals surface area contributed by atoms with Gasteiger partial charge >= 0.3 is 6.09 Å². The number of aliphatic hydroxyl groups excluding tert-OH is 1. The van der Waals surface area contributed by atoms with Crippen LogP contribution in [0.25, 0.3) is 11.4 Å². The second-order valence-electron chi connectivity index (χ2n) is 9.22. The molecule has 2 aromatic heterocycles. The van der Waals surface area contributed by atoms with Gasteiger partial charge < -0.3 is 19.5 Å². The summed E-state index contributed by atoms with van der Waals surface area (Å²) in [6.45, 7) is -0.364. The Labute approximate surface area is 199 Å². The summed E-state index contributed by atoms with van der Waals surface area (Å²) in [7, 11) is 3.54. The molecule has 10 nitrogen and oxygen atoms in total. The maximum absolute atomic E-state index is 12.5. The summed E-state index contributed by atoms with van der Waals surface area (Å²) in [4.78, 5) is 30.5. The zero-order chi connectivity index (χ0) is 24.1. The molecule has 10 heteroatoms. The van der Waals surface area contributed by atoms with Crippen molar-refractivity contribution in [1.29, 1.82) is 0 Å². The second-order valence-corrected chi connectivity index (χ2v) is 9.22. The predicted molar refractivity (Wildman–Crippen MR) is 123 cm³/mol. The largest absolute Gasteiger partial charge is 0.489 e. The maximum Gasteiger partial charge on any atom is 0.410 e. The molecule has 0 radical (unpaired) electrons. The number of rotatable bonds is 8. The van der Waals surface area contributed by atoms with Crippen molar-refractivity contribution in [3.8, 4) is 17.1 Å². The van der Waals surface area contributed by atoms with Gasteiger partial charge in [0.15, 0.2) is 5.78 Å². The number of ether oxygens (including phenoxy) is 2. The van der Waals surface area contributed by atoms with Gasteiger partial charge in [-0.3, -0.25) is 9.78 Å². The zero-order valence-corrected chi connectivity index (χ0v) is 19.9. The highest BCUT2D eigenvalue weighted by atomic mass is 16.6. The van der Waals surface area contributed by atoms with Gasteiger partial charge in [-0.2, -0.15) is 0 Å². The first kappa shape index (κ1) is 24.1. The highest BCUT2D eigenvalue weighted by Gasteiger charge is 2.28. The number of nitrogens with zero attached hydrogens (tertiary/aromatic N) is 5. The van der Waals surface area contributed by atoms with Crippen LogP contribution < -0.4 is 4.74 Å². The Bertz CT molecular complexity index is 986. The zero-order valence-electron chi connectivity index (χ0n) is 19.9. The average molecular weight is 472 g/mol. The van der Waals surface area contributed by atoms with Gasteiger partial charge in [-0.15, -0.1) is 5.10 Å². The second kappa shape index (κ2) is 10.9. The Morgan fingerprint density at radius 1 is 1.18 bits per heavy atom. The monoisotopic (exact) mass is 471 g/mol. The van der Waals surface area contributed by atoms with Gasteiger partial charge in [0.25, 0.3) is 0 Å². The summed E-state index contributed by atoms with van der Waals surface area (Å²) >= 11 is 0. The molecule has 2 heterocycles. The third-order valence-electron chi connectivity index (χ3n) is 6.95. The molecular formula is C24H33N5O5. The number of hydrogen-bond acceptors (Lipinski definition) is 8. The summed E-state index contributed by atoms with van der Waals surface area (Å²) < 4.78 is 13.2. The van der Waals surface area contributed by atoms with E-state index in [1.165, 1.54) is 0 Å². The van der Waals surface area contributed by atoms with Crippen LogP contribution in [0.2, 0.25) is 0 Å². The molecule has 0 saturated heterocycles. The molecule has 0 bridgehead atoms. The van der Waals surface area contributed by atoms with Crippen molar-refractivity contribution in [2.24, 2.45) is 13.0 Å². The van der Waals surface area contributed by atoms with Crippen LogP contribution in [-0.2, 0) is 23.2 Å². The lowest BCUT2D eigenvalue weighted by molar-refractivity contribution is -0.127. The smallest absolute Gasteiger partial charge is 0.410 e. The van der Waals surface area contributed by atoms with Crippen molar-refractivity contribution in [1.82, 2.24) is 24.9 Å². The SMILES string of the molecule is CN(C(=O)OCc1c(-c2ccc(O[C@H]3CCC[C@H](C(=O)CO)C3)cn2)nnn1C)C1CCCC1. The van der Waals surface area contributed by atoms with Crippen LogP contribution in [0.1, 0.15) is 57.1 Å². The fraction of sp³-hybridized carbons (Fsp3) is 0.625. The summed E-state index contributed by atoms with van der Waals surface area (Å²) in [6.07, 6.45) is 8.69. The van der Waals surface area contributed by atoms with Crippen molar-refractivity contribution < 1.29 is 24.2 Å². The molecule has 0 spiro atoms. The number of aliphatic hydroxyl groups is 1. The van der Waals surface area contributed by atoms with Crippen LogP contribution in [0, 0.1) is 5.92 Å². The minimum absolute atomic E-state index is 0.0526. The van der Waals surface area contributed by atoms with Gasteiger partial charge in [0.05, 0.1) is 18.0 Å². The lowest BCUT2D eigenvalue weighted by Gasteiger charge is -2.28. The number of amides is 1. The summed E-state index contributed by atoms with van der Waals surface area (Å²) in [5.74, 6) is 0.349. The van der Waals surface area contributed by atoms with Gasteiger partial charge in [-0.05, 0) is 50.7 Å². The van der Waals surface area contributed by atoms with E-state index in [0.717, 1.165) is 44.9 Å². The molecule has 2 aromatic rings. The van der Waals surface area contributed by atoms with E-state index >= 15 is 0 Å². The number of pyridine rings is 1. The number of Topliss-reactive ketones (excluding diaryl/α,β-unsaturated/α-hetero) is 1. The topological polar surface area (TPSA) is 120 Å². The van der Waals surface area contributed by atoms with Crippen molar-refractivity contribution in [3.05, 3.63) is 24.0 Å². The van der Waals surface area contributed by atoms with Crippen LogP contribution in [0.3, 0.4) is 0 Å². The molecule has 184 valence electrons. The van der Waals surface area contributed by atoms with E-state index < -0.39 is 6.61 Å². The van der Waals surface area contributed by atoms with E-state index in [1.54, 1.807) is 35.9 Å². The number of aromatic nitrogens is 4. The van der Waals surface area contributed by atoms with Crippen molar-refractivity contribution in [2.75, 3.05) is 13.7 Å². The molecule has 1 amide bonds. The van der Waals surface area contributed by atoms with Crippen LogP contribution >= 0.6 is 0 Å². The Morgan fingerprint density at radius 3 is 2.68 bits per heavy atom. The lowest BCUT2D eigenvalue weighted by Crippen LogP contribution is -2.35. The third-order valence-corrected chi connectivity index (χ3v) is 6.95. The normalized spacial score (nSPS) is 20.8. The van der Waals surface area contributed by atoms with E-state index in [1.807, 2.05) is 6.07 Å². The summed E-state index contributed by atoms with van der Waals surface area (Å²) in [6, 6.07) is 3.86. The van der Waals surface area contributed by atoms with Crippen LogP contribution in [0.4, 0.5) is 4.79 Å². The van der Waals surface area contributed by atoms with Crippen molar-refractivity contribution in [2.45, 2.75) is 70.1 Å². The summed E-state index contributed by atoms with van der Waals surface area (Å²) in [5.41, 5.74) is 1.82. The first-order valence-corrected chi connectivity index (χ1v) is 12.0. The average Bonchev–Trinajstić information content (AvgIpc) is 3.52. The third kappa shape index (κ3) is 5.55. The molecule has 0 unspecified atom stereocenters. The van der Waals surface area contributed by atoms with Gasteiger partial charge in [0.1, 0.15) is 30.4 Å². The van der Waals surface area contributed by atoms with Crippen molar-refractivity contribution in [3.63, 3.8) is 0 Å². The molecule has 4 rings (SSSR count). The van der Waals surface area contributed by atoms with Crippen molar-refractivity contribution >= 4 is 11.9 Å². The van der Waals surface area contributed by atoms with Crippen LogP contribution in [-0.4, -0.2) is 67.7 Å². The van der Waals surface area contributed by atoms with E-state index in [2.05, 4.69) is 15.3 Å². The molecule has 2 atom stereocenters. The Kier molecular flexibility index (Phi) is 7.77. The van der Waals surface area contributed by atoms with Gasteiger partial charge in [-0.1, -0.05) is 18.1 Å². The highest BCUT2D eigenvalue weighted by molar-refractivity contribution is 5.82. The van der Waals surface area contributed by atoms with E-state index in [0.29, 0.717) is 29.3 Å². The van der Waals surface area contributed by atoms with E-state index in [4.69, 9.17) is 14.6 Å². The predicted octanol–water partition coefficient (Wildman–Crippen LogP) is 2.89. The molecule has 0 aromatic carbocycles. The molecule has 2 aliphatic carbocycles. The number of ketones is 1. The number of carbonyl (C=O) groups excluding carboxylic acids is 2. The minimum atomic E-state index is -0.416. The molecule has 2 saturated carbocycles. The lowest BCUT2D eigenvalue weighted by atomic mass is 9.84. The first-order chi connectivity index (χ1) is 16.5. The standard InChI is InChI=1S/C24H33N5O5/c1-28(17-7-3-4-8-17)24(32)33-15-21-23(26-27-29(21)2)20-11-10-19(13-25-20)34-18-9-5-6-16(12-18)22(31)14-30/h10-11,13,16-18,30H,3-9,12,14-15H2,1-2H3/t16-,18-/m0/s1. The Hall–Kier alpha value is -3.01. The summed E-state index contributed by atoms with van der Waals surface area (Å²) in [5, 5.41) is 17.4. The molecule has 2 fully saturated rings. The fourth-order valence-corrected chi connectivity index (χ4v) is 4.87. The van der Waals surface area contributed by atoms with Crippen LogP contribution in [0.15, 0.2) is 18.3 Å². The Balaban J connectivity index is 1.37. The molecular weight excluding hydrogens is 438 g/mol. The number of aryl methyl sites for hydroxylation is 1. The molecule has 0 aliphatic heterocycles. The number of hydrogen-bond donors (Lipinski definition) is 1. The fourth-order valence-electron chi connectivity index (χ4n) is 4.87. The van der Waals surface area contributed by atoms with Gasteiger partial charge in [-0.25, -0.2) is 9.48 Å². The maximum atomic E-state index is 12.5. The first-order valence-electron chi connectivity index (χ1n) is 12.0. The molecule has 34 heavy (non-hydrogen) atoms. The molecule has 1 N–H and O–H groups in total. The van der Waals surface area contributed by atoms with E-state index in [-0.39, 0.29) is 36.5 Å². The highest BCUT2D eigenvalue weighted by Crippen LogP contribution is 2.29. The molecule has 2 aliphatic rings. The van der Waals surface area contributed by atoms with Crippen LogP contribution in [0.5, 0.6) is 5.75 Å². The Morgan fingerprint density at radius 2 is 1.97 bits per heavy atom. The quantitative estimate of drug-likeness (QED) is 0.624. The van der Waals surface area contributed by atoms with E-state index in [9.17, 15) is 9.59 Å². The van der Waals surface area contributed by atoms with Gasteiger partial charge in [0.2, 0.25) is 0 Å². The van der Waals surface area contributed by atoms with Gasteiger partial charge in [0, 0.05) is 26.1 Å².